The predicted molar refractivity (Wildman–Crippen MR) is 69.2 cm³/mol. The minimum Gasteiger partial charge on any atom is -0.391 e. The van der Waals surface area contributed by atoms with E-state index in [1.54, 1.807) is 10.9 Å². The van der Waals surface area contributed by atoms with E-state index in [-0.39, 0.29) is 18.1 Å². The first-order valence-electron chi connectivity index (χ1n) is 6.76. The Labute approximate surface area is 116 Å². The number of rotatable bonds is 2. The molecule has 108 valence electrons. The Bertz CT molecular complexity index is 521. The molecule has 8 heteroatoms. The van der Waals surface area contributed by atoms with E-state index in [0.29, 0.717) is 18.0 Å². The number of oxime groups is 1. The van der Waals surface area contributed by atoms with Crippen LogP contribution in [0.15, 0.2) is 11.4 Å². The smallest absolute Gasteiger partial charge is 0.278 e. The van der Waals surface area contributed by atoms with Gasteiger partial charge in [0.2, 0.25) is 0 Å². The molecule has 0 radical (unpaired) electrons. The van der Waals surface area contributed by atoms with Gasteiger partial charge >= 0.3 is 0 Å². The lowest BCUT2D eigenvalue weighted by Gasteiger charge is -2.21. The molecule has 0 spiro atoms. The molecule has 1 aromatic rings. The van der Waals surface area contributed by atoms with E-state index in [4.69, 9.17) is 9.57 Å². The minimum absolute atomic E-state index is 0.00298. The van der Waals surface area contributed by atoms with Crippen molar-refractivity contribution in [3.63, 3.8) is 0 Å². The molecule has 20 heavy (non-hydrogen) atoms. The van der Waals surface area contributed by atoms with Gasteiger partial charge in [-0.1, -0.05) is 10.4 Å². The maximum atomic E-state index is 12.0. The zero-order valence-corrected chi connectivity index (χ0v) is 11.3. The number of hydrogen-bond acceptors (Lipinski definition) is 6. The molecule has 2 aliphatic rings. The maximum Gasteiger partial charge on any atom is 0.278 e. The van der Waals surface area contributed by atoms with Crippen molar-refractivity contribution in [2.45, 2.75) is 38.3 Å². The van der Waals surface area contributed by atoms with Crippen molar-refractivity contribution in [1.29, 1.82) is 0 Å². The summed E-state index contributed by atoms with van der Waals surface area (Å²) >= 11 is 0. The molecule has 3 heterocycles. The average molecular weight is 279 g/mol. The molecule has 1 amide bonds. The highest BCUT2D eigenvalue weighted by Crippen LogP contribution is 2.19. The molecule has 1 fully saturated rings. The van der Waals surface area contributed by atoms with Crippen LogP contribution in [0.3, 0.4) is 0 Å². The van der Waals surface area contributed by atoms with E-state index >= 15 is 0 Å². The van der Waals surface area contributed by atoms with Crippen LogP contribution in [0.1, 0.15) is 42.7 Å². The van der Waals surface area contributed by atoms with Crippen LogP contribution in [0.2, 0.25) is 0 Å². The number of hydrogen-bond donors (Lipinski definition) is 1. The fourth-order valence-corrected chi connectivity index (χ4v) is 2.28. The minimum atomic E-state index is -0.306. The van der Waals surface area contributed by atoms with Crippen LogP contribution in [0, 0.1) is 0 Å². The molecule has 0 aromatic carbocycles. The third kappa shape index (κ3) is 2.79. The maximum absolute atomic E-state index is 12.0. The number of carbonyl (C=O) groups is 1. The van der Waals surface area contributed by atoms with Crippen LogP contribution in [0.5, 0.6) is 0 Å². The van der Waals surface area contributed by atoms with E-state index in [2.05, 4.69) is 20.8 Å². The van der Waals surface area contributed by atoms with Gasteiger partial charge in [-0.25, -0.2) is 4.68 Å². The van der Waals surface area contributed by atoms with Crippen molar-refractivity contribution >= 4 is 11.7 Å². The lowest BCUT2D eigenvalue weighted by molar-refractivity contribution is 0.0657. The van der Waals surface area contributed by atoms with Crippen LogP contribution >= 0.6 is 0 Å². The predicted octanol–water partition coefficient (Wildman–Crippen LogP) is 0.482. The number of carbonyl (C=O) groups excluding carboxylic acids is 1. The molecule has 1 unspecified atom stereocenters. The summed E-state index contributed by atoms with van der Waals surface area (Å²) in [5.41, 5.74) is 0.291. The molecule has 1 saturated heterocycles. The topological polar surface area (TPSA) is 90.6 Å². The molecular formula is C12H17N5O3. The quantitative estimate of drug-likeness (QED) is 0.850. The van der Waals surface area contributed by atoms with E-state index in [0.717, 1.165) is 26.1 Å². The van der Waals surface area contributed by atoms with Gasteiger partial charge in [0.15, 0.2) is 11.5 Å². The summed E-state index contributed by atoms with van der Waals surface area (Å²) < 4.78 is 7.05. The van der Waals surface area contributed by atoms with Gasteiger partial charge in [-0.15, -0.1) is 5.10 Å². The average Bonchev–Trinajstić information content (AvgIpc) is 3.09. The Balaban J connectivity index is 1.62. The van der Waals surface area contributed by atoms with Crippen LogP contribution < -0.4 is 5.32 Å². The fourth-order valence-electron chi connectivity index (χ4n) is 2.28. The van der Waals surface area contributed by atoms with E-state index < -0.39 is 0 Å². The lowest BCUT2D eigenvalue weighted by atomic mass is 10.1. The number of amidine groups is 1. The van der Waals surface area contributed by atoms with Crippen LogP contribution in [0.25, 0.3) is 0 Å². The molecule has 1 N–H and O–H groups in total. The number of ether oxygens (including phenoxy) is 1. The van der Waals surface area contributed by atoms with Gasteiger partial charge in [0.25, 0.3) is 5.91 Å². The third-order valence-electron chi connectivity index (χ3n) is 3.39. The Morgan fingerprint density at radius 2 is 2.25 bits per heavy atom. The van der Waals surface area contributed by atoms with Crippen LogP contribution in [0.4, 0.5) is 0 Å². The lowest BCUT2D eigenvalue weighted by Crippen LogP contribution is -2.30. The second-order valence-electron chi connectivity index (χ2n) is 5.04. The third-order valence-corrected chi connectivity index (χ3v) is 3.39. The van der Waals surface area contributed by atoms with Crippen molar-refractivity contribution in [1.82, 2.24) is 20.3 Å². The second kappa shape index (κ2) is 5.58. The summed E-state index contributed by atoms with van der Waals surface area (Å²) in [5.74, 6) is 0.225. The summed E-state index contributed by atoms with van der Waals surface area (Å²) in [5, 5.41) is 14.4. The van der Waals surface area contributed by atoms with Gasteiger partial charge in [-0.2, -0.15) is 0 Å². The van der Waals surface area contributed by atoms with Crippen molar-refractivity contribution in [2.75, 3.05) is 13.2 Å². The SMILES string of the molecule is CC1CC(NC(=O)c2cn(C3CCOCC3)nn2)=NO1. The number of nitrogens with zero attached hydrogens (tertiary/aromatic N) is 4. The molecule has 0 bridgehead atoms. The molecule has 3 rings (SSSR count). The molecule has 0 aliphatic carbocycles. The molecule has 8 nitrogen and oxygen atoms in total. The first-order chi connectivity index (χ1) is 9.72. The first kappa shape index (κ1) is 13.0. The van der Waals surface area contributed by atoms with Crippen molar-refractivity contribution in [3.05, 3.63) is 11.9 Å². The Morgan fingerprint density at radius 3 is 2.95 bits per heavy atom. The van der Waals surface area contributed by atoms with Gasteiger partial charge in [0, 0.05) is 19.6 Å². The second-order valence-corrected chi connectivity index (χ2v) is 5.04. The zero-order chi connectivity index (χ0) is 13.9. The molecule has 0 saturated carbocycles. The Morgan fingerprint density at radius 1 is 1.45 bits per heavy atom. The summed E-state index contributed by atoms with van der Waals surface area (Å²) in [6.45, 7) is 3.33. The number of amides is 1. The Hall–Kier alpha value is -1.96. The number of nitrogens with one attached hydrogen (secondary N) is 1. The monoisotopic (exact) mass is 279 g/mol. The van der Waals surface area contributed by atoms with E-state index in [9.17, 15) is 4.79 Å². The largest absolute Gasteiger partial charge is 0.391 e. The van der Waals surface area contributed by atoms with Gasteiger partial charge in [0.05, 0.1) is 12.2 Å². The van der Waals surface area contributed by atoms with Gasteiger partial charge in [-0.3, -0.25) is 4.79 Å². The van der Waals surface area contributed by atoms with Gasteiger partial charge in [-0.05, 0) is 19.8 Å². The highest BCUT2D eigenvalue weighted by Gasteiger charge is 2.22. The molecular weight excluding hydrogens is 262 g/mol. The zero-order valence-electron chi connectivity index (χ0n) is 11.3. The standard InChI is InChI=1S/C12H17N5O3/c1-8-6-11(15-20-8)13-12(18)10-7-17(16-14-10)9-2-4-19-5-3-9/h7-9H,2-6H2,1H3,(H,13,15,18). The van der Waals surface area contributed by atoms with Gasteiger partial charge < -0.3 is 14.9 Å². The molecule has 1 aromatic heterocycles. The van der Waals surface area contributed by atoms with E-state index in [1.165, 1.54) is 0 Å². The summed E-state index contributed by atoms with van der Waals surface area (Å²) in [4.78, 5) is 17.0. The van der Waals surface area contributed by atoms with Crippen LogP contribution in [-0.2, 0) is 9.57 Å². The van der Waals surface area contributed by atoms with Crippen LogP contribution in [-0.4, -0.2) is 46.1 Å². The fraction of sp³-hybridized carbons (Fsp3) is 0.667. The highest BCUT2D eigenvalue weighted by atomic mass is 16.6. The molecule has 1 atom stereocenters. The Kier molecular flexibility index (Phi) is 3.64. The van der Waals surface area contributed by atoms with E-state index in [1.807, 2.05) is 6.92 Å². The molecule has 2 aliphatic heterocycles. The number of aromatic nitrogens is 3. The van der Waals surface area contributed by atoms with Gasteiger partial charge in [0.1, 0.15) is 6.10 Å². The highest BCUT2D eigenvalue weighted by molar-refractivity contribution is 6.05. The van der Waals surface area contributed by atoms with Crippen molar-refractivity contribution in [2.24, 2.45) is 5.16 Å². The summed E-state index contributed by atoms with van der Waals surface area (Å²) in [6.07, 6.45) is 4.05. The summed E-state index contributed by atoms with van der Waals surface area (Å²) in [7, 11) is 0. The normalized spacial score (nSPS) is 23.2. The first-order valence-corrected chi connectivity index (χ1v) is 6.76. The van der Waals surface area contributed by atoms with Crippen molar-refractivity contribution < 1.29 is 14.4 Å². The van der Waals surface area contributed by atoms with Crippen molar-refractivity contribution in [3.8, 4) is 0 Å². The summed E-state index contributed by atoms with van der Waals surface area (Å²) in [6, 6.07) is 0.255.